The van der Waals surface area contributed by atoms with E-state index in [0.717, 1.165) is 18.4 Å². The molecule has 5 nitrogen and oxygen atoms in total. The molecule has 0 radical (unpaired) electrons. The predicted molar refractivity (Wildman–Crippen MR) is 105 cm³/mol. The maximum absolute atomic E-state index is 14.9. The van der Waals surface area contributed by atoms with Crippen LogP contribution in [0.25, 0.3) is 0 Å². The molecule has 2 aromatic rings. The lowest BCUT2D eigenvalue weighted by Gasteiger charge is -2.24. The largest absolute Gasteiger partial charge is 0.491 e. The summed E-state index contributed by atoms with van der Waals surface area (Å²) in [5, 5.41) is 0. The first-order valence-electron chi connectivity index (χ1n) is 9.12. The zero-order chi connectivity index (χ0) is 19.8. The van der Waals surface area contributed by atoms with Gasteiger partial charge in [-0.05, 0) is 48.6 Å². The van der Waals surface area contributed by atoms with Crippen molar-refractivity contribution < 1.29 is 23.5 Å². The third kappa shape index (κ3) is 3.51. The van der Waals surface area contributed by atoms with Crippen molar-refractivity contribution in [3.05, 3.63) is 57.3 Å². The topological polar surface area (TPSA) is 55.8 Å². The van der Waals surface area contributed by atoms with Crippen molar-refractivity contribution in [2.24, 2.45) is 0 Å². The lowest BCUT2D eigenvalue weighted by atomic mass is 10.0. The number of amides is 1. The van der Waals surface area contributed by atoms with Crippen molar-refractivity contribution in [3.8, 4) is 5.75 Å². The second-order valence-corrected chi connectivity index (χ2v) is 7.80. The highest BCUT2D eigenvalue weighted by atomic mass is 79.9. The van der Waals surface area contributed by atoms with Gasteiger partial charge in [-0.2, -0.15) is 0 Å². The van der Waals surface area contributed by atoms with Gasteiger partial charge in [-0.1, -0.05) is 22.0 Å². The quantitative estimate of drug-likeness (QED) is 0.658. The minimum Gasteiger partial charge on any atom is -0.491 e. The average Bonchev–Trinajstić information content (AvgIpc) is 3.51. The van der Waals surface area contributed by atoms with Crippen LogP contribution in [0.4, 0.5) is 10.1 Å². The fraction of sp³-hybridized carbons (Fsp3) is 0.333. The Balaban J connectivity index is 1.76. The van der Waals surface area contributed by atoms with E-state index >= 15 is 0 Å². The van der Waals surface area contributed by atoms with Crippen LogP contribution < -0.4 is 9.64 Å². The molecule has 2 aromatic carbocycles. The molecule has 7 heteroatoms. The molecule has 0 bridgehead atoms. The van der Waals surface area contributed by atoms with Gasteiger partial charge in [-0.15, -0.1) is 0 Å². The van der Waals surface area contributed by atoms with E-state index in [-0.39, 0.29) is 25.1 Å². The maximum atomic E-state index is 14.9. The van der Waals surface area contributed by atoms with E-state index in [9.17, 15) is 14.0 Å². The summed E-state index contributed by atoms with van der Waals surface area (Å²) in [6.45, 7) is 0.479. The Labute approximate surface area is 170 Å². The molecule has 28 heavy (non-hydrogen) atoms. The normalized spacial score (nSPS) is 16.2. The number of carbonyl (C=O) groups is 2. The lowest BCUT2D eigenvalue weighted by molar-refractivity contribution is -0.139. The molecule has 1 fully saturated rings. The van der Waals surface area contributed by atoms with E-state index in [0.29, 0.717) is 27.4 Å². The Hall–Kier alpha value is -2.41. The van der Waals surface area contributed by atoms with Gasteiger partial charge < -0.3 is 14.4 Å². The van der Waals surface area contributed by atoms with Crippen LogP contribution in [0.5, 0.6) is 5.75 Å². The molecule has 146 valence electrons. The van der Waals surface area contributed by atoms with Crippen molar-refractivity contribution in [1.29, 1.82) is 0 Å². The van der Waals surface area contributed by atoms with Gasteiger partial charge in [0.1, 0.15) is 23.7 Å². The molecule has 0 aromatic heterocycles. The summed E-state index contributed by atoms with van der Waals surface area (Å²) < 4.78 is 26.1. The van der Waals surface area contributed by atoms with Crippen LogP contribution in [0.2, 0.25) is 0 Å². The molecular weight excluding hydrogens is 429 g/mol. The number of carbonyl (C=O) groups excluding carboxylic acids is 2. The molecule has 1 saturated carbocycles. The van der Waals surface area contributed by atoms with Gasteiger partial charge >= 0.3 is 5.97 Å². The summed E-state index contributed by atoms with van der Waals surface area (Å²) in [6.07, 6.45) is 2.06. The van der Waals surface area contributed by atoms with Crippen LogP contribution in [0.3, 0.4) is 0 Å². The first-order chi connectivity index (χ1) is 13.5. The number of benzene rings is 2. The highest BCUT2D eigenvalue weighted by Crippen LogP contribution is 2.43. The van der Waals surface area contributed by atoms with E-state index in [1.54, 1.807) is 24.3 Å². The third-order valence-electron chi connectivity index (χ3n) is 5.09. The molecule has 1 aliphatic heterocycles. The summed E-state index contributed by atoms with van der Waals surface area (Å²) in [4.78, 5) is 26.6. The Morgan fingerprint density at radius 2 is 2.14 bits per heavy atom. The molecule has 0 spiro atoms. The number of anilines is 1. The standard InChI is InChI=1S/C21H19BrFNO4/c1-27-19(25)11-14-15(22)3-2-4-17(14)24-7-8-28-18-10-13(12-5-6-12)9-16(23)20(18)21(24)26/h2-4,9-10,12H,5-8,11H2,1H3. The minimum absolute atomic E-state index is 0.00610. The van der Waals surface area contributed by atoms with Crippen LogP contribution in [0.15, 0.2) is 34.8 Å². The highest BCUT2D eigenvalue weighted by Gasteiger charge is 2.33. The minimum atomic E-state index is -0.569. The number of halogens is 2. The van der Waals surface area contributed by atoms with Gasteiger partial charge in [0.15, 0.2) is 0 Å². The Kier molecular flexibility index (Phi) is 5.10. The molecular formula is C21H19BrFNO4. The van der Waals surface area contributed by atoms with Crippen molar-refractivity contribution >= 4 is 33.5 Å². The van der Waals surface area contributed by atoms with Crippen LogP contribution >= 0.6 is 15.9 Å². The second kappa shape index (κ2) is 7.54. The molecule has 1 amide bonds. The molecule has 1 heterocycles. The smallest absolute Gasteiger partial charge is 0.310 e. The summed E-state index contributed by atoms with van der Waals surface area (Å²) in [5.74, 6) is -0.821. The Bertz CT molecular complexity index is 958. The fourth-order valence-corrected chi connectivity index (χ4v) is 3.98. The SMILES string of the molecule is COC(=O)Cc1c(Br)cccc1N1CCOc2cc(C3CC3)cc(F)c2C1=O. The molecule has 2 aliphatic rings. The molecule has 0 unspecified atom stereocenters. The predicted octanol–water partition coefficient (Wildman–Crippen LogP) is 4.22. The Morgan fingerprint density at radius 1 is 1.36 bits per heavy atom. The average molecular weight is 448 g/mol. The van der Waals surface area contributed by atoms with Gasteiger partial charge in [-0.25, -0.2) is 4.39 Å². The number of nitrogens with zero attached hydrogens (tertiary/aromatic N) is 1. The van der Waals surface area contributed by atoms with E-state index in [1.807, 2.05) is 0 Å². The van der Waals surface area contributed by atoms with Crippen LogP contribution in [-0.4, -0.2) is 32.1 Å². The monoisotopic (exact) mass is 447 g/mol. The molecule has 1 aliphatic carbocycles. The van der Waals surface area contributed by atoms with Gasteiger partial charge in [0, 0.05) is 15.7 Å². The van der Waals surface area contributed by atoms with Gasteiger partial charge in [0.25, 0.3) is 5.91 Å². The zero-order valence-corrected chi connectivity index (χ0v) is 16.9. The first-order valence-corrected chi connectivity index (χ1v) is 9.91. The van der Waals surface area contributed by atoms with Crippen LogP contribution in [0.1, 0.15) is 40.2 Å². The van der Waals surface area contributed by atoms with E-state index in [1.165, 1.54) is 18.1 Å². The lowest BCUT2D eigenvalue weighted by Crippen LogP contribution is -2.34. The highest BCUT2D eigenvalue weighted by molar-refractivity contribution is 9.10. The molecule has 0 atom stereocenters. The fourth-order valence-electron chi connectivity index (χ4n) is 3.48. The number of fused-ring (bicyclic) bond motifs is 1. The first kappa shape index (κ1) is 18.9. The van der Waals surface area contributed by atoms with Crippen molar-refractivity contribution in [2.75, 3.05) is 25.2 Å². The second-order valence-electron chi connectivity index (χ2n) is 6.95. The van der Waals surface area contributed by atoms with E-state index in [2.05, 4.69) is 15.9 Å². The van der Waals surface area contributed by atoms with E-state index < -0.39 is 17.7 Å². The summed E-state index contributed by atoms with van der Waals surface area (Å²) >= 11 is 3.44. The number of ether oxygens (including phenoxy) is 2. The van der Waals surface area contributed by atoms with Gasteiger partial charge in [0.2, 0.25) is 0 Å². The van der Waals surface area contributed by atoms with Crippen molar-refractivity contribution in [1.82, 2.24) is 0 Å². The summed E-state index contributed by atoms with van der Waals surface area (Å²) in [7, 11) is 1.31. The van der Waals surface area contributed by atoms with Gasteiger partial charge in [-0.3, -0.25) is 9.59 Å². The summed E-state index contributed by atoms with van der Waals surface area (Å²) in [6, 6.07) is 8.53. The number of rotatable bonds is 4. The molecule has 0 N–H and O–H groups in total. The third-order valence-corrected chi connectivity index (χ3v) is 5.83. The number of esters is 1. The number of hydrogen-bond donors (Lipinski definition) is 0. The van der Waals surface area contributed by atoms with Crippen molar-refractivity contribution in [3.63, 3.8) is 0 Å². The van der Waals surface area contributed by atoms with E-state index in [4.69, 9.17) is 9.47 Å². The molecule has 4 rings (SSSR count). The number of methoxy groups -OCH3 is 1. The molecule has 0 saturated heterocycles. The van der Waals surface area contributed by atoms with Crippen LogP contribution in [0, 0.1) is 5.82 Å². The zero-order valence-electron chi connectivity index (χ0n) is 15.3. The summed E-state index contributed by atoms with van der Waals surface area (Å²) in [5.41, 5.74) is 1.96. The van der Waals surface area contributed by atoms with Gasteiger partial charge in [0.05, 0.1) is 20.1 Å². The number of hydrogen-bond acceptors (Lipinski definition) is 4. The van der Waals surface area contributed by atoms with Crippen LogP contribution in [-0.2, 0) is 16.0 Å². The maximum Gasteiger partial charge on any atom is 0.310 e. The van der Waals surface area contributed by atoms with Crippen molar-refractivity contribution in [2.45, 2.75) is 25.2 Å². The Morgan fingerprint density at radius 3 is 2.86 bits per heavy atom.